The molecule has 5 rings (SSSR count). The topological polar surface area (TPSA) is 108 Å². The first-order chi connectivity index (χ1) is 17.8. The summed E-state index contributed by atoms with van der Waals surface area (Å²) >= 11 is 3.46. The second-order valence-corrected chi connectivity index (χ2v) is 10.1. The summed E-state index contributed by atoms with van der Waals surface area (Å²) in [6.45, 7) is 1.95. The van der Waals surface area contributed by atoms with Gasteiger partial charge < -0.3 is 5.11 Å². The Kier molecular flexibility index (Phi) is 6.52. The Bertz CT molecular complexity index is 1470. The van der Waals surface area contributed by atoms with Gasteiger partial charge in [0.05, 0.1) is 4.92 Å². The van der Waals surface area contributed by atoms with Crippen LogP contribution >= 0.6 is 15.9 Å². The van der Waals surface area contributed by atoms with Gasteiger partial charge in [-0.15, -0.1) is 0 Å². The van der Waals surface area contributed by atoms with Crippen LogP contribution in [0.5, 0.6) is 0 Å². The normalized spacial score (nSPS) is 19.1. The molecule has 0 saturated heterocycles. The smallest absolute Gasteiger partial charge is 0.269 e. The van der Waals surface area contributed by atoms with Gasteiger partial charge in [0.1, 0.15) is 11.6 Å². The number of nitro groups is 1. The molecule has 8 heteroatoms. The van der Waals surface area contributed by atoms with E-state index in [9.17, 15) is 25.4 Å². The van der Waals surface area contributed by atoms with E-state index in [0.29, 0.717) is 41.6 Å². The molecule has 3 aromatic rings. The van der Waals surface area contributed by atoms with Gasteiger partial charge >= 0.3 is 0 Å². The number of hydrogen-bond acceptors (Lipinski definition) is 5. The number of benzene rings is 3. The number of rotatable bonds is 4. The van der Waals surface area contributed by atoms with Crippen molar-refractivity contribution in [3.63, 3.8) is 0 Å². The van der Waals surface area contributed by atoms with Crippen molar-refractivity contribution in [3.8, 4) is 0 Å². The van der Waals surface area contributed by atoms with E-state index in [1.54, 1.807) is 29.2 Å². The highest BCUT2D eigenvalue weighted by Gasteiger charge is 2.43. The molecule has 1 atom stereocenters. The third-order valence-corrected chi connectivity index (χ3v) is 7.39. The minimum absolute atomic E-state index is 0.0478. The van der Waals surface area contributed by atoms with Gasteiger partial charge in [-0.05, 0) is 49.6 Å². The van der Waals surface area contributed by atoms with E-state index in [4.69, 9.17) is 0 Å². The van der Waals surface area contributed by atoms with Crippen molar-refractivity contribution in [1.29, 1.82) is 5.41 Å². The molecule has 0 amide bonds. The molecule has 0 bridgehead atoms. The van der Waals surface area contributed by atoms with Crippen molar-refractivity contribution in [2.75, 3.05) is 4.90 Å². The summed E-state index contributed by atoms with van der Waals surface area (Å²) in [7, 11) is 0. The van der Waals surface area contributed by atoms with Gasteiger partial charge in [-0.1, -0.05) is 57.9 Å². The maximum atomic E-state index is 13.5. The van der Waals surface area contributed by atoms with Gasteiger partial charge in [0, 0.05) is 57.0 Å². The van der Waals surface area contributed by atoms with Crippen molar-refractivity contribution in [1.82, 2.24) is 0 Å². The van der Waals surface area contributed by atoms with Crippen LogP contribution in [0.25, 0.3) is 5.76 Å². The predicted molar refractivity (Wildman–Crippen MR) is 147 cm³/mol. The first kappa shape index (κ1) is 24.6. The van der Waals surface area contributed by atoms with Crippen LogP contribution in [0.3, 0.4) is 0 Å². The monoisotopic (exact) mass is 557 g/mol. The fraction of sp³-hybridized carbons (Fsp3) is 0.172. The lowest BCUT2D eigenvalue weighted by molar-refractivity contribution is -0.384. The van der Waals surface area contributed by atoms with Crippen LogP contribution in [0.4, 0.5) is 11.4 Å². The molecule has 0 fully saturated rings. The predicted octanol–water partition coefficient (Wildman–Crippen LogP) is 7.22. The summed E-state index contributed by atoms with van der Waals surface area (Å²) in [6.07, 6.45) is 1.62. The molecule has 2 N–H and O–H groups in total. The summed E-state index contributed by atoms with van der Waals surface area (Å²) in [5.41, 5.74) is 4.35. The summed E-state index contributed by atoms with van der Waals surface area (Å²) in [5.74, 6) is -0.810. The van der Waals surface area contributed by atoms with Crippen LogP contribution in [0.15, 0.2) is 94.1 Å². The number of non-ortho nitro benzene ring substituents is 1. The molecule has 0 spiro atoms. The molecule has 0 radical (unpaired) electrons. The Balaban J connectivity index is 1.80. The van der Waals surface area contributed by atoms with Crippen LogP contribution in [-0.2, 0) is 4.79 Å². The number of nitro benzene ring substituents is 1. The fourth-order valence-electron chi connectivity index (χ4n) is 5.06. The number of aryl methyl sites for hydroxylation is 1. The Morgan fingerprint density at radius 2 is 1.68 bits per heavy atom. The minimum Gasteiger partial charge on any atom is -0.507 e. The van der Waals surface area contributed by atoms with Crippen LogP contribution in [-0.4, -0.2) is 21.6 Å². The van der Waals surface area contributed by atoms with Crippen molar-refractivity contribution in [2.24, 2.45) is 0 Å². The molecular formula is C29H24BrN3O4. The maximum Gasteiger partial charge on any atom is 0.269 e. The Labute approximate surface area is 222 Å². The van der Waals surface area contributed by atoms with Gasteiger partial charge in [0.2, 0.25) is 0 Å². The van der Waals surface area contributed by atoms with Crippen LogP contribution in [0.2, 0.25) is 0 Å². The fourth-order valence-corrected chi connectivity index (χ4v) is 5.32. The van der Waals surface area contributed by atoms with Crippen molar-refractivity contribution in [3.05, 3.63) is 121 Å². The molecule has 1 aliphatic carbocycles. The van der Waals surface area contributed by atoms with Crippen molar-refractivity contribution in [2.45, 2.75) is 32.1 Å². The van der Waals surface area contributed by atoms with E-state index in [0.717, 1.165) is 15.7 Å². The van der Waals surface area contributed by atoms with Crippen LogP contribution < -0.4 is 4.90 Å². The minimum atomic E-state index is -0.732. The van der Waals surface area contributed by atoms with Crippen LogP contribution in [0.1, 0.15) is 41.9 Å². The van der Waals surface area contributed by atoms with Gasteiger partial charge in [-0.25, -0.2) is 0 Å². The van der Waals surface area contributed by atoms with Gasteiger partial charge in [0.15, 0.2) is 5.78 Å². The number of amidine groups is 1. The van der Waals surface area contributed by atoms with Crippen molar-refractivity contribution >= 4 is 44.7 Å². The van der Waals surface area contributed by atoms with E-state index in [2.05, 4.69) is 15.9 Å². The average molecular weight is 558 g/mol. The van der Waals surface area contributed by atoms with E-state index < -0.39 is 10.8 Å². The Morgan fingerprint density at radius 1 is 1.03 bits per heavy atom. The van der Waals surface area contributed by atoms with Crippen molar-refractivity contribution < 1.29 is 14.8 Å². The zero-order valence-corrected chi connectivity index (χ0v) is 21.7. The van der Waals surface area contributed by atoms with E-state index in [-0.39, 0.29) is 28.6 Å². The van der Waals surface area contributed by atoms with Gasteiger partial charge in [-0.2, -0.15) is 0 Å². The number of anilines is 1. The zero-order valence-electron chi connectivity index (χ0n) is 20.1. The third-order valence-electron chi connectivity index (χ3n) is 6.86. The molecule has 186 valence electrons. The first-order valence-electron chi connectivity index (χ1n) is 11.9. The number of halogens is 1. The second-order valence-electron chi connectivity index (χ2n) is 9.21. The highest BCUT2D eigenvalue weighted by atomic mass is 79.9. The Hall–Kier alpha value is -4.04. The lowest BCUT2D eigenvalue weighted by Crippen LogP contribution is -2.42. The summed E-state index contributed by atoms with van der Waals surface area (Å²) in [4.78, 5) is 26.1. The molecule has 3 aromatic carbocycles. The van der Waals surface area contributed by atoms with Gasteiger partial charge in [-0.3, -0.25) is 25.2 Å². The molecular weight excluding hydrogens is 534 g/mol. The summed E-state index contributed by atoms with van der Waals surface area (Å²) < 4.78 is 0.885. The standard InChI is InChI=1S/C29H24BrN3O4/c1-17-5-7-19(8-6-17)28(35)27-25(18-9-13-22(14-10-18)33(36)37)26-23(3-2-4-24(26)34)32(29(27)31)21-15-11-20(30)12-16-21/h5-16,25,31,35H,2-4H2,1H3/b28-27+,31-29?. The number of nitrogens with zero attached hydrogens (tertiary/aromatic N) is 2. The first-order valence-corrected chi connectivity index (χ1v) is 12.7. The van der Waals surface area contributed by atoms with E-state index in [1.807, 2.05) is 43.3 Å². The number of carbonyl (C=O) groups excluding carboxylic acids is 1. The summed E-state index contributed by atoms with van der Waals surface area (Å²) in [6, 6.07) is 20.8. The molecule has 0 aromatic heterocycles. The molecule has 2 aliphatic rings. The van der Waals surface area contributed by atoms with E-state index in [1.165, 1.54) is 12.1 Å². The number of allylic oxidation sites excluding steroid dienone is 2. The molecule has 1 unspecified atom stereocenters. The highest BCUT2D eigenvalue weighted by Crippen LogP contribution is 2.48. The molecule has 1 heterocycles. The summed E-state index contributed by atoms with van der Waals surface area (Å²) in [5, 5.41) is 32.2. The lowest BCUT2D eigenvalue weighted by atomic mass is 9.73. The number of nitrogens with one attached hydrogen (secondary N) is 1. The number of hydrogen-bond donors (Lipinski definition) is 2. The highest BCUT2D eigenvalue weighted by molar-refractivity contribution is 9.10. The number of aliphatic hydroxyl groups excluding tert-OH is 1. The zero-order chi connectivity index (χ0) is 26.3. The quantitative estimate of drug-likeness (QED) is 0.200. The average Bonchev–Trinajstić information content (AvgIpc) is 2.89. The third kappa shape index (κ3) is 4.49. The molecule has 0 saturated carbocycles. The largest absolute Gasteiger partial charge is 0.507 e. The second kappa shape index (κ2) is 9.78. The molecule has 1 aliphatic heterocycles. The van der Waals surface area contributed by atoms with E-state index >= 15 is 0 Å². The number of ketones is 1. The molecule has 7 nitrogen and oxygen atoms in total. The lowest BCUT2D eigenvalue weighted by Gasteiger charge is -2.41. The number of aliphatic hydroxyl groups is 1. The van der Waals surface area contributed by atoms with Crippen LogP contribution in [0, 0.1) is 22.4 Å². The Morgan fingerprint density at radius 3 is 2.30 bits per heavy atom. The molecule has 37 heavy (non-hydrogen) atoms. The SMILES string of the molecule is Cc1ccc(/C(O)=C2\C(=N)N(c3ccc(Br)cc3)C3=C(C(=O)CCC3)C2c2ccc([N+](=O)[O-])cc2)cc1. The number of Topliss-reactive ketones (excluding diaryl/α,β-unsaturated/α-hetero) is 1. The van der Waals surface area contributed by atoms with Gasteiger partial charge in [0.25, 0.3) is 5.69 Å². The maximum absolute atomic E-state index is 13.5. The number of carbonyl (C=O) groups is 1.